The lowest BCUT2D eigenvalue weighted by molar-refractivity contribution is 0.102. The summed E-state index contributed by atoms with van der Waals surface area (Å²) >= 11 is 5.95. The minimum Gasteiger partial charge on any atom is -0.359 e. The van der Waals surface area contributed by atoms with Gasteiger partial charge in [0.1, 0.15) is 0 Å². The molecule has 0 saturated carbocycles. The summed E-state index contributed by atoms with van der Waals surface area (Å²) in [5, 5.41) is 9.52. The van der Waals surface area contributed by atoms with Gasteiger partial charge in [-0.15, -0.1) is 0 Å². The third-order valence-electron chi connectivity index (χ3n) is 1.95. The number of nitrogens with zero attached hydrogens (tertiary/aromatic N) is 1. The van der Waals surface area contributed by atoms with Crippen molar-refractivity contribution in [3.05, 3.63) is 34.3 Å². The molecule has 14 heavy (non-hydrogen) atoms. The maximum absolute atomic E-state index is 8.85. The van der Waals surface area contributed by atoms with E-state index in [0.717, 1.165) is 11.1 Å². The van der Waals surface area contributed by atoms with Crippen molar-refractivity contribution >= 4 is 11.6 Å². The summed E-state index contributed by atoms with van der Waals surface area (Å²) in [6.45, 7) is 4.30. The predicted molar refractivity (Wildman–Crippen MR) is 56.2 cm³/mol. The van der Waals surface area contributed by atoms with Crippen LogP contribution in [-0.4, -0.2) is 6.61 Å². The Hall–Kier alpha value is -1.04. The van der Waals surface area contributed by atoms with E-state index in [0.29, 0.717) is 11.6 Å². The molecule has 0 aliphatic rings. The second-order valence-corrected chi connectivity index (χ2v) is 3.38. The molecule has 0 aliphatic heterocycles. The van der Waals surface area contributed by atoms with Crippen LogP contribution in [-0.2, 0) is 4.74 Å². The van der Waals surface area contributed by atoms with Crippen molar-refractivity contribution in [3.8, 4) is 6.07 Å². The predicted octanol–water partition coefficient (Wildman–Crippen LogP) is 3.25. The van der Waals surface area contributed by atoms with Crippen molar-refractivity contribution < 1.29 is 4.74 Å². The second kappa shape index (κ2) is 4.99. The Kier molecular flexibility index (Phi) is 3.94. The lowest BCUT2D eigenvalue weighted by atomic mass is 10.1. The number of hydrogen-bond donors (Lipinski definition) is 0. The van der Waals surface area contributed by atoms with Gasteiger partial charge in [0, 0.05) is 11.6 Å². The molecule has 0 amide bonds. The topological polar surface area (TPSA) is 33.0 Å². The first-order valence-electron chi connectivity index (χ1n) is 4.46. The molecule has 0 spiro atoms. The van der Waals surface area contributed by atoms with Gasteiger partial charge in [-0.1, -0.05) is 23.7 Å². The van der Waals surface area contributed by atoms with Crippen LogP contribution in [0.3, 0.4) is 0 Å². The summed E-state index contributed by atoms with van der Waals surface area (Å²) in [4.78, 5) is 0. The smallest absolute Gasteiger partial charge is 0.169 e. The highest BCUT2D eigenvalue weighted by Crippen LogP contribution is 2.23. The van der Waals surface area contributed by atoms with Crippen LogP contribution in [0, 0.1) is 18.3 Å². The Labute approximate surface area is 89.1 Å². The van der Waals surface area contributed by atoms with Crippen molar-refractivity contribution in [2.45, 2.75) is 20.0 Å². The summed E-state index contributed by atoms with van der Waals surface area (Å²) < 4.78 is 5.25. The summed E-state index contributed by atoms with van der Waals surface area (Å²) in [5.41, 5.74) is 1.81. The number of rotatable bonds is 3. The van der Waals surface area contributed by atoms with Gasteiger partial charge in [0.2, 0.25) is 0 Å². The number of halogens is 1. The molecule has 0 heterocycles. The zero-order chi connectivity index (χ0) is 10.6. The Morgan fingerprint density at radius 2 is 2.29 bits per heavy atom. The van der Waals surface area contributed by atoms with Gasteiger partial charge in [0.25, 0.3) is 0 Å². The Morgan fingerprint density at radius 1 is 1.57 bits per heavy atom. The molecule has 0 N–H and O–H groups in total. The molecular weight excluding hydrogens is 198 g/mol. The first kappa shape index (κ1) is 11.0. The minimum absolute atomic E-state index is 0.516. The van der Waals surface area contributed by atoms with Crippen LogP contribution in [0.15, 0.2) is 18.2 Å². The molecular formula is C11H12ClNO. The molecule has 0 bridgehead atoms. The molecule has 1 rings (SSSR count). The van der Waals surface area contributed by atoms with Crippen LogP contribution in [0.1, 0.15) is 24.2 Å². The molecule has 0 aromatic heterocycles. The Bertz CT molecular complexity index is 357. The normalized spacial score (nSPS) is 12.1. The highest BCUT2D eigenvalue weighted by Gasteiger charge is 2.10. The minimum atomic E-state index is -0.516. The molecule has 0 fully saturated rings. The third-order valence-corrected chi connectivity index (χ3v) is 2.36. The fraction of sp³-hybridized carbons (Fsp3) is 0.364. The van der Waals surface area contributed by atoms with Crippen LogP contribution >= 0.6 is 11.6 Å². The summed E-state index contributed by atoms with van der Waals surface area (Å²) in [7, 11) is 0. The average molecular weight is 210 g/mol. The van der Waals surface area contributed by atoms with Crippen molar-refractivity contribution in [1.29, 1.82) is 5.26 Å². The van der Waals surface area contributed by atoms with E-state index in [1.54, 1.807) is 6.07 Å². The highest BCUT2D eigenvalue weighted by atomic mass is 35.5. The number of hydrogen-bond acceptors (Lipinski definition) is 2. The first-order chi connectivity index (χ1) is 6.69. The van der Waals surface area contributed by atoms with Crippen molar-refractivity contribution in [1.82, 2.24) is 0 Å². The Balaban J connectivity index is 2.95. The zero-order valence-corrected chi connectivity index (χ0v) is 9.01. The van der Waals surface area contributed by atoms with Gasteiger partial charge >= 0.3 is 0 Å². The van der Waals surface area contributed by atoms with Gasteiger partial charge in [0.05, 0.1) is 6.07 Å². The van der Waals surface area contributed by atoms with Crippen LogP contribution in [0.4, 0.5) is 0 Å². The Morgan fingerprint density at radius 3 is 2.79 bits per heavy atom. The van der Waals surface area contributed by atoms with Crippen molar-refractivity contribution in [2.24, 2.45) is 0 Å². The van der Waals surface area contributed by atoms with Crippen molar-refractivity contribution in [3.63, 3.8) is 0 Å². The van der Waals surface area contributed by atoms with E-state index in [1.165, 1.54) is 0 Å². The fourth-order valence-corrected chi connectivity index (χ4v) is 1.34. The quantitative estimate of drug-likeness (QED) is 0.766. The third kappa shape index (κ3) is 2.47. The second-order valence-electron chi connectivity index (χ2n) is 2.97. The lowest BCUT2D eigenvalue weighted by Gasteiger charge is -2.10. The molecule has 1 atom stereocenters. The molecule has 1 unspecified atom stereocenters. The molecule has 74 valence electrons. The molecule has 3 heteroatoms. The van der Waals surface area contributed by atoms with Gasteiger partial charge in [-0.2, -0.15) is 5.26 Å². The van der Waals surface area contributed by atoms with Crippen molar-refractivity contribution in [2.75, 3.05) is 6.61 Å². The van der Waals surface area contributed by atoms with Crippen LogP contribution in [0.5, 0.6) is 0 Å². The standard InChI is InChI=1S/C11H12ClNO/c1-3-14-11(7-13)9-5-4-8(2)10(12)6-9/h4-6,11H,3H2,1-2H3. The van der Waals surface area contributed by atoms with Gasteiger partial charge in [-0.05, 0) is 31.0 Å². The number of aryl methyl sites for hydroxylation is 1. The molecule has 0 aliphatic carbocycles. The van der Waals surface area contributed by atoms with E-state index in [2.05, 4.69) is 6.07 Å². The number of benzene rings is 1. The summed E-state index contributed by atoms with van der Waals surface area (Å²) in [5.74, 6) is 0. The van der Waals surface area contributed by atoms with Gasteiger partial charge in [0.15, 0.2) is 6.10 Å². The summed E-state index contributed by atoms with van der Waals surface area (Å²) in [6, 6.07) is 7.62. The first-order valence-corrected chi connectivity index (χ1v) is 4.84. The van der Waals surface area contributed by atoms with E-state index in [4.69, 9.17) is 21.6 Å². The maximum atomic E-state index is 8.85. The highest BCUT2D eigenvalue weighted by molar-refractivity contribution is 6.31. The largest absolute Gasteiger partial charge is 0.359 e. The molecule has 2 nitrogen and oxygen atoms in total. The SMILES string of the molecule is CCOC(C#N)c1ccc(C)c(Cl)c1. The van der Waals surface area contributed by atoms with Gasteiger partial charge in [-0.25, -0.2) is 0 Å². The fourth-order valence-electron chi connectivity index (χ4n) is 1.15. The van der Waals surface area contributed by atoms with Gasteiger partial charge in [-0.3, -0.25) is 0 Å². The molecule has 1 aromatic rings. The molecule has 0 radical (unpaired) electrons. The van der Waals surface area contributed by atoms with E-state index >= 15 is 0 Å². The van der Waals surface area contributed by atoms with E-state index in [9.17, 15) is 0 Å². The van der Waals surface area contributed by atoms with Crippen LogP contribution < -0.4 is 0 Å². The average Bonchev–Trinajstić information content (AvgIpc) is 2.19. The maximum Gasteiger partial charge on any atom is 0.169 e. The molecule has 0 saturated heterocycles. The number of ether oxygens (including phenoxy) is 1. The van der Waals surface area contributed by atoms with Crippen LogP contribution in [0.25, 0.3) is 0 Å². The number of nitriles is 1. The van der Waals surface area contributed by atoms with Crippen LogP contribution in [0.2, 0.25) is 5.02 Å². The van der Waals surface area contributed by atoms with E-state index in [-0.39, 0.29) is 0 Å². The lowest BCUT2D eigenvalue weighted by Crippen LogP contribution is -2.01. The van der Waals surface area contributed by atoms with E-state index in [1.807, 2.05) is 26.0 Å². The zero-order valence-electron chi connectivity index (χ0n) is 8.25. The molecule has 1 aromatic carbocycles. The van der Waals surface area contributed by atoms with Gasteiger partial charge < -0.3 is 4.74 Å². The van der Waals surface area contributed by atoms with E-state index < -0.39 is 6.10 Å². The monoisotopic (exact) mass is 209 g/mol. The summed E-state index contributed by atoms with van der Waals surface area (Å²) in [6.07, 6.45) is -0.516.